The van der Waals surface area contributed by atoms with Crippen molar-refractivity contribution in [2.45, 2.75) is 658 Å². The highest BCUT2D eigenvalue weighted by molar-refractivity contribution is 6.71. The van der Waals surface area contributed by atoms with Crippen molar-refractivity contribution in [3.63, 3.8) is 0 Å². The number of hydrogen-bond donors (Lipinski definition) is 0. The minimum Gasteiger partial charge on any atom is -0.413 e. The maximum atomic E-state index is 6.23. The zero-order chi connectivity index (χ0) is 109. The van der Waals surface area contributed by atoms with E-state index in [2.05, 4.69) is 326 Å². The SMILES string of the molecule is CC(C)(C)O[Si](C)(C)C.CC(C)(C)O[Si](C)(C)C.CC(C)(C)O[Si](C)(C)C.CC(C)(C)O[Si](C)(C)C.CC(C)(C)O[Si](C)(C)OC(C)(C)C.CC(C)(C)O[Si](C)(C)OC(C)(C)C.CC(C)(C)O[Si](C)(C)OC(C)(C)C.CC(C)(C)O[Si](C)(OC(C)(C)C)OC(C)(C)C.CC(C)(C)O[Si](C)(OC(C)(C)C)OC(C)(C)C.CC(C)(C)O[Si](OC(C)(C)C)(OC(C)(C)C)OC(C)(C)C. The molecule has 0 rings (SSSR count). The van der Waals surface area contributed by atoms with E-state index in [1.54, 1.807) is 0 Å². The molecule has 20 nitrogen and oxygen atoms in total. The summed E-state index contributed by atoms with van der Waals surface area (Å²) in [6.07, 6.45) is 0. The molecule has 0 aromatic heterocycles. The van der Waals surface area contributed by atoms with E-state index in [9.17, 15) is 0 Å². The zero-order valence-electron chi connectivity index (χ0n) is 103. The van der Waals surface area contributed by atoms with Gasteiger partial charge in [0, 0.05) is 35.5 Å². The molecular weight excluding hydrogens is 1800 g/mol. The van der Waals surface area contributed by atoms with Crippen LogP contribution in [0.4, 0.5) is 0 Å². The lowest BCUT2D eigenvalue weighted by molar-refractivity contribution is -0.156. The predicted octanol–water partition coefficient (Wildman–Crippen LogP) is 33.2. The molecule has 30 heteroatoms. The fourth-order valence-electron chi connectivity index (χ4n) is 13.2. The second-order valence-corrected chi connectivity index (χ2v) is 93.0. The highest BCUT2D eigenvalue weighted by Crippen LogP contribution is 2.36. The van der Waals surface area contributed by atoms with Crippen LogP contribution in [0.1, 0.15) is 415 Å². The highest BCUT2D eigenvalue weighted by atomic mass is 28.4. The van der Waals surface area contributed by atoms with Crippen LogP contribution in [0.5, 0.6) is 0 Å². The molecule has 0 aromatic rings. The first kappa shape index (κ1) is 152. The Balaban J connectivity index is -0.000000156. The van der Waals surface area contributed by atoms with Gasteiger partial charge in [-0.25, -0.2) is 0 Å². The van der Waals surface area contributed by atoms with Gasteiger partial charge in [-0.2, -0.15) is 0 Å². The summed E-state index contributed by atoms with van der Waals surface area (Å²) in [6, 6.07) is 0. The zero-order valence-corrected chi connectivity index (χ0v) is 113. The van der Waals surface area contributed by atoms with Gasteiger partial charge in [0.25, 0.3) is 0 Å². The van der Waals surface area contributed by atoms with E-state index >= 15 is 0 Å². The smallest absolute Gasteiger partial charge is 0.413 e. The third-order valence-electron chi connectivity index (χ3n) is 10.4. The second-order valence-electron chi connectivity index (χ2n) is 59.2. The van der Waals surface area contributed by atoms with Crippen LogP contribution in [-0.2, 0) is 88.5 Å². The molecule has 130 heavy (non-hydrogen) atoms. The molecule has 0 N–H and O–H groups in total. The number of rotatable bonds is 20. The first-order valence-corrected chi connectivity index (χ1v) is 76.3. The maximum absolute atomic E-state index is 6.23. The molecule has 0 radical (unpaired) electrons. The summed E-state index contributed by atoms with van der Waals surface area (Å²) in [7, 11) is -19.7. The van der Waals surface area contributed by atoms with Crippen LogP contribution >= 0.6 is 0 Å². The van der Waals surface area contributed by atoms with Gasteiger partial charge in [-0.05, 0) is 533 Å². The number of hydrogen-bond acceptors (Lipinski definition) is 20. The van der Waals surface area contributed by atoms with Crippen molar-refractivity contribution >= 4 is 85.6 Å². The molecule has 0 heterocycles. The van der Waals surface area contributed by atoms with Gasteiger partial charge in [0.15, 0.2) is 33.3 Å². The van der Waals surface area contributed by atoms with E-state index in [1.807, 2.05) is 221 Å². The quantitative estimate of drug-likeness (QED) is 0.105. The summed E-state index contributed by atoms with van der Waals surface area (Å²) >= 11 is 0. The third-order valence-corrected chi connectivity index (χ3v) is 31.3. The Hall–Kier alpha value is 1.37. The van der Waals surface area contributed by atoms with Crippen LogP contribution in [-0.4, -0.2) is 198 Å². The van der Waals surface area contributed by atoms with Crippen LogP contribution in [0.15, 0.2) is 0 Å². The van der Waals surface area contributed by atoms with E-state index in [1.165, 1.54) is 0 Å². The van der Waals surface area contributed by atoms with Crippen molar-refractivity contribution in [3.8, 4) is 0 Å². The van der Waals surface area contributed by atoms with Crippen LogP contribution < -0.4 is 0 Å². The molecule has 0 atom stereocenters. The Labute approximate surface area is 826 Å². The van der Waals surface area contributed by atoms with Crippen LogP contribution in [0, 0.1) is 0 Å². The molecule has 0 saturated carbocycles. The van der Waals surface area contributed by atoms with Gasteiger partial charge >= 0.3 is 52.3 Å². The van der Waals surface area contributed by atoms with Crippen molar-refractivity contribution in [2.75, 3.05) is 0 Å². The van der Waals surface area contributed by atoms with Gasteiger partial charge in [-0.15, -0.1) is 0 Å². The lowest BCUT2D eigenvalue weighted by Gasteiger charge is -2.43. The first-order valence-electron chi connectivity index (χ1n) is 48.2. The van der Waals surface area contributed by atoms with Gasteiger partial charge in [-0.3, -0.25) is 0 Å². The van der Waals surface area contributed by atoms with Crippen molar-refractivity contribution in [1.29, 1.82) is 0 Å². The molecule has 0 spiro atoms. The van der Waals surface area contributed by atoms with E-state index in [0.717, 1.165) is 0 Å². The van der Waals surface area contributed by atoms with E-state index in [0.29, 0.717) is 0 Å². The summed E-state index contributed by atoms with van der Waals surface area (Å²) in [6.45, 7) is 166. The molecule has 0 fully saturated rings. The largest absolute Gasteiger partial charge is 0.681 e. The molecule has 0 aliphatic rings. The summed E-state index contributed by atoms with van der Waals surface area (Å²) < 4.78 is 120. The predicted molar refractivity (Wildman–Crippen MR) is 592 cm³/mol. The van der Waals surface area contributed by atoms with E-state index < -0.39 is 108 Å². The van der Waals surface area contributed by atoms with Gasteiger partial charge in [-0.1, -0.05) is 0 Å². The van der Waals surface area contributed by atoms with E-state index in [-0.39, 0.29) is 89.6 Å². The summed E-state index contributed by atoms with van der Waals surface area (Å²) in [4.78, 5) is 0. The van der Waals surface area contributed by atoms with Crippen LogP contribution in [0.2, 0.25) is 131 Å². The normalized spacial score (nSPS) is 14.8. The molecule has 0 bridgehead atoms. The Kier molecular flexibility index (Phi) is 62.7. The van der Waals surface area contributed by atoms with E-state index in [4.69, 9.17) is 88.5 Å². The Bertz CT molecular complexity index is 2430. The molecule has 0 saturated heterocycles. The van der Waals surface area contributed by atoms with Gasteiger partial charge in [0.2, 0.25) is 0 Å². The maximum Gasteiger partial charge on any atom is 0.681 e. The topological polar surface area (TPSA) is 185 Å². The molecular formula is C100H240O20Si10. The molecule has 0 aliphatic heterocycles. The lowest BCUT2D eigenvalue weighted by Crippen LogP contribution is -2.61. The van der Waals surface area contributed by atoms with Gasteiger partial charge < -0.3 is 88.5 Å². The molecule has 0 amide bonds. The summed E-state index contributed by atoms with van der Waals surface area (Å²) in [5.41, 5.74) is -3.77. The fourth-order valence-corrected chi connectivity index (χ4v) is 39.7. The van der Waals surface area contributed by atoms with Crippen molar-refractivity contribution in [2.24, 2.45) is 0 Å². The minimum atomic E-state index is -3.34. The third kappa shape index (κ3) is 145. The first-order chi connectivity index (χ1) is 54.1. The van der Waals surface area contributed by atoms with Crippen molar-refractivity contribution in [1.82, 2.24) is 0 Å². The Morgan fingerprint density at radius 2 is 0.162 bits per heavy atom. The summed E-state index contributed by atoms with van der Waals surface area (Å²) in [5.74, 6) is 0. The van der Waals surface area contributed by atoms with Crippen molar-refractivity contribution < 1.29 is 88.5 Å². The Morgan fingerprint density at radius 3 is 0.208 bits per heavy atom. The van der Waals surface area contributed by atoms with Crippen LogP contribution in [0.3, 0.4) is 0 Å². The highest BCUT2D eigenvalue weighted by Gasteiger charge is 2.57. The van der Waals surface area contributed by atoms with Crippen LogP contribution in [0.25, 0.3) is 0 Å². The van der Waals surface area contributed by atoms with Gasteiger partial charge in [0.1, 0.15) is 0 Å². The molecule has 0 aliphatic carbocycles. The monoisotopic (exact) mass is 2040 g/mol. The average Bonchev–Trinajstić information content (AvgIpc) is 0.798. The Morgan fingerprint density at radius 1 is 0.0923 bits per heavy atom. The average molecular weight is 2040 g/mol. The fraction of sp³-hybridized carbons (Fsp3) is 1.00. The van der Waals surface area contributed by atoms with Crippen molar-refractivity contribution in [3.05, 3.63) is 0 Å². The molecule has 0 unspecified atom stereocenters. The summed E-state index contributed by atoms with van der Waals surface area (Å²) in [5, 5.41) is 0. The minimum absolute atomic E-state index is 0.0461. The molecule has 0 aromatic carbocycles. The van der Waals surface area contributed by atoms with Gasteiger partial charge in [0.05, 0.1) is 89.6 Å². The lowest BCUT2D eigenvalue weighted by atomic mass is 10.2. The standard InChI is InChI=1S/C16H36O4Si.2C13H30O3Si.3C10H24O2Si.4C7H18OSi/c1-13(2,3)17-21(18-14(4,5)6,19-15(7,8)9)20-16(10,11)12;2*1-11(2,3)14-17(10,15-12(4,5)6)16-13(7,8)9;3*1-9(2,3)11-13(7,8)12-10(4,5)6;4*1-7(2,3)8-9(4,5)6/h1-12H3;2*1-10H3;3*1-8H3;4*1-6H3. The second kappa shape index (κ2) is 53.8. The molecule has 800 valence electrons.